The van der Waals surface area contributed by atoms with Gasteiger partial charge in [-0.25, -0.2) is 8.42 Å². The second-order valence-corrected chi connectivity index (χ2v) is 12.4. The topological polar surface area (TPSA) is 96.0 Å². The molecule has 2 amide bonds. The monoisotopic (exact) mass is 605 g/mol. The maximum Gasteiger partial charge on any atom is 0.244 e. The normalized spacial score (nSPS) is 12.1. The summed E-state index contributed by atoms with van der Waals surface area (Å²) in [6.07, 6.45) is 1.24. The van der Waals surface area contributed by atoms with Gasteiger partial charge in [0.25, 0.3) is 0 Å². The Hall–Kier alpha value is -3.27. The number of carbonyl (C=O) groups is 2. The minimum Gasteiger partial charge on any atom is -0.495 e. The van der Waals surface area contributed by atoms with Gasteiger partial charge < -0.3 is 15.0 Å². The fourth-order valence-electron chi connectivity index (χ4n) is 4.15. The summed E-state index contributed by atoms with van der Waals surface area (Å²) in [6, 6.07) is 19.6. The smallest absolute Gasteiger partial charge is 0.244 e. The van der Waals surface area contributed by atoms with E-state index in [-0.39, 0.29) is 35.6 Å². The van der Waals surface area contributed by atoms with Crippen LogP contribution in [0, 0.1) is 0 Å². The number of amides is 2. The van der Waals surface area contributed by atoms with E-state index in [2.05, 4.69) is 5.32 Å². The highest BCUT2D eigenvalue weighted by Gasteiger charge is 2.33. The summed E-state index contributed by atoms with van der Waals surface area (Å²) in [4.78, 5) is 29.0. The number of ether oxygens (including phenoxy) is 1. The van der Waals surface area contributed by atoms with E-state index in [0.29, 0.717) is 10.8 Å². The molecule has 3 rings (SSSR count). The van der Waals surface area contributed by atoms with Crippen LogP contribution >= 0.6 is 23.2 Å². The standard InChI is InChI=1S/C29H33Cl2N3O5S/c1-20(2)32-29(36)26(16-21-8-6-5-7-9-21)33(18-22-10-12-23(30)13-11-22)28(35)19-34(40(4,37)38)24-14-15-27(39-3)25(31)17-24/h5-15,17,20,26H,16,18-19H2,1-4H3,(H,32,36)/t26-/m0/s1. The molecule has 0 aromatic heterocycles. The SMILES string of the molecule is COc1ccc(N(CC(=O)N(Cc2ccc(Cl)cc2)[C@@H](Cc2ccccc2)C(=O)NC(C)C)S(C)(=O)=O)cc1Cl. The van der Waals surface area contributed by atoms with Crippen molar-refractivity contribution < 1.29 is 22.7 Å². The number of rotatable bonds is 12. The predicted molar refractivity (Wildman–Crippen MR) is 159 cm³/mol. The molecule has 214 valence electrons. The molecule has 40 heavy (non-hydrogen) atoms. The van der Waals surface area contributed by atoms with Crippen LogP contribution in [0.2, 0.25) is 10.0 Å². The van der Waals surface area contributed by atoms with Crippen molar-refractivity contribution in [2.24, 2.45) is 0 Å². The average Bonchev–Trinajstić information content (AvgIpc) is 2.89. The summed E-state index contributed by atoms with van der Waals surface area (Å²) < 4.78 is 31.9. The Kier molecular flexibility index (Phi) is 10.8. The number of benzene rings is 3. The van der Waals surface area contributed by atoms with Crippen LogP contribution in [0.15, 0.2) is 72.8 Å². The van der Waals surface area contributed by atoms with Crippen LogP contribution in [0.25, 0.3) is 0 Å². The predicted octanol–water partition coefficient (Wildman–Crippen LogP) is 4.93. The van der Waals surface area contributed by atoms with E-state index in [0.717, 1.165) is 21.7 Å². The molecule has 8 nitrogen and oxygen atoms in total. The number of sulfonamides is 1. The fraction of sp³-hybridized carbons (Fsp3) is 0.310. The Bertz CT molecular complexity index is 1420. The number of nitrogens with zero attached hydrogens (tertiary/aromatic N) is 2. The minimum absolute atomic E-state index is 0.0555. The zero-order chi connectivity index (χ0) is 29.4. The fourth-order valence-corrected chi connectivity index (χ4v) is 5.36. The number of hydrogen-bond acceptors (Lipinski definition) is 5. The van der Waals surface area contributed by atoms with E-state index < -0.39 is 28.5 Å². The first-order valence-electron chi connectivity index (χ1n) is 12.6. The van der Waals surface area contributed by atoms with Gasteiger partial charge in [0.1, 0.15) is 18.3 Å². The first-order valence-corrected chi connectivity index (χ1v) is 15.2. The Morgan fingerprint density at radius 2 is 1.60 bits per heavy atom. The van der Waals surface area contributed by atoms with E-state index in [1.807, 2.05) is 44.2 Å². The highest BCUT2D eigenvalue weighted by molar-refractivity contribution is 7.92. The Morgan fingerprint density at radius 3 is 2.15 bits per heavy atom. The van der Waals surface area contributed by atoms with Crippen molar-refractivity contribution in [2.75, 3.05) is 24.2 Å². The van der Waals surface area contributed by atoms with Gasteiger partial charge in [0.2, 0.25) is 21.8 Å². The van der Waals surface area contributed by atoms with Crippen molar-refractivity contribution in [3.8, 4) is 5.75 Å². The van der Waals surface area contributed by atoms with Crippen molar-refractivity contribution in [1.29, 1.82) is 0 Å². The van der Waals surface area contributed by atoms with Crippen LogP contribution in [-0.4, -0.2) is 57.1 Å². The van der Waals surface area contributed by atoms with Crippen LogP contribution in [0.5, 0.6) is 5.75 Å². The molecule has 3 aromatic carbocycles. The third-order valence-electron chi connectivity index (χ3n) is 6.07. The molecule has 0 aliphatic rings. The molecule has 0 radical (unpaired) electrons. The van der Waals surface area contributed by atoms with Gasteiger partial charge in [0, 0.05) is 24.0 Å². The lowest BCUT2D eigenvalue weighted by Crippen LogP contribution is -2.54. The van der Waals surface area contributed by atoms with E-state index in [1.54, 1.807) is 24.3 Å². The third kappa shape index (κ3) is 8.61. The molecule has 0 spiro atoms. The molecule has 11 heteroatoms. The van der Waals surface area contributed by atoms with E-state index in [4.69, 9.17) is 27.9 Å². The molecule has 0 aliphatic carbocycles. The number of methoxy groups -OCH3 is 1. The van der Waals surface area contributed by atoms with Gasteiger partial charge in [-0.3, -0.25) is 13.9 Å². The minimum atomic E-state index is -3.92. The van der Waals surface area contributed by atoms with Gasteiger partial charge in [-0.05, 0) is 55.3 Å². The van der Waals surface area contributed by atoms with Gasteiger partial charge in [-0.2, -0.15) is 0 Å². The molecule has 1 atom stereocenters. The maximum atomic E-state index is 14.0. The van der Waals surface area contributed by atoms with Gasteiger partial charge in [0.05, 0.1) is 24.1 Å². The molecular formula is C29H33Cl2N3O5S. The lowest BCUT2D eigenvalue weighted by atomic mass is 10.0. The first kappa shape index (κ1) is 31.3. The number of carbonyl (C=O) groups excluding carboxylic acids is 2. The molecule has 1 N–H and O–H groups in total. The largest absolute Gasteiger partial charge is 0.495 e. The number of nitrogens with one attached hydrogen (secondary N) is 1. The van der Waals surface area contributed by atoms with Crippen LogP contribution in [0.4, 0.5) is 5.69 Å². The van der Waals surface area contributed by atoms with Crippen molar-refractivity contribution in [1.82, 2.24) is 10.2 Å². The second-order valence-electron chi connectivity index (χ2n) is 9.61. The summed E-state index contributed by atoms with van der Waals surface area (Å²) in [5.74, 6) is -0.547. The zero-order valence-corrected chi connectivity index (χ0v) is 25.1. The van der Waals surface area contributed by atoms with E-state index in [9.17, 15) is 18.0 Å². The number of hydrogen-bond donors (Lipinski definition) is 1. The van der Waals surface area contributed by atoms with Crippen LogP contribution < -0.4 is 14.4 Å². The maximum absolute atomic E-state index is 14.0. The molecule has 0 saturated heterocycles. The zero-order valence-electron chi connectivity index (χ0n) is 22.8. The number of halogens is 2. The van der Waals surface area contributed by atoms with Crippen molar-refractivity contribution >= 4 is 50.7 Å². The Morgan fingerprint density at radius 1 is 0.950 bits per heavy atom. The quantitative estimate of drug-likeness (QED) is 0.316. The van der Waals surface area contributed by atoms with Gasteiger partial charge in [0.15, 0.2) is 0 Å². The van der Waals surface area contributed by atoms with Gasteiger partial charge in [-0.15, -0.1) is 0 Å². The molecule has 0 heterocycles. The summed E-state index contributed by atoms with van der Waals surface area (Å²) in [7, 11) is -2.47. The van der Waals surface area contributed by atoms with Crippen molar-refractivity contribution in [3.05, 3.63) is 94.0 Å². The second kappa shape index (κ2) is 13.9. The molecule has 0 saturated carbocycles. The molecule has 0 unspecified atom stereocenters. The third-order valence-corrected chi connectivity index (χ3v) is 7.76. The van der Waals surface area contributed by atoms with E-state index in [1.165, 1.54) is 30.2 Å². The Labute approximate surface area is 245 Å². The van der Waals surface area contributed by atoms with Crippen LogP contribution in [-0.2, 0) is 32.6 Å². The van der Waals surface area contributed by atoms with Crippen molar-refractivity contribution in [3.63, 3.8) is 0 Å². The summed E-state index contributed by atoms with van der Waals surface area (Å²) in [5, 5.41) is 3.63. The summed E-state index contributed by atoms with van der Waals surface area (Å²) in [6.45, 7) is 3.18. The molecular weight excluding hydrogens is 573 g/mol. The lowest BCUT2D eigenvalue weighted by Gasteiger charge is -2.34. The lowest BCUT2D eigenvalue weighted by molar-refractivity contribution is -0.140. The molecule has 0 fully saturated rings. The average molecular weight is 607 g/mol. The number of anilines is 1. The Balaban J connectivity index is 2.06. The van der Waals surface area contributed by atoms with Crippen molar-refractivity contribution in [2.45, 2.75) is 38.9 Å². The molecule has 0 bridgehead atoms. The summed E-state index contributed by atoms with van der Waals surface area (Å²) in [5.41, 5.74) is 1.77. The van der Waals surface area contributed by atoms with Gasteiger partial charge >= 0.3 is 0 Å². The van der Waals surface area contributed by atoms with E-state index >= 15 is 0 Å². The van der Waals surface area contributed by atoms with Crippen LogP contribution in [0.1, 0.15) is 25.0 Å². The van der Waals surface area contributed by atoms with Crippen LogP contribution in [0.3, 0.4) is 0 Å². The highest BCUT2D eigenvalue weighted by atomic mass is 35.5. The van der Waals surface area contributed by atoms with Gasteiger partial charge in [-0.1, -0.05) is 65.7 Å². The molecule has 0 aliphatic heterocycles. The molecule has 3 aromatic rings. The first-order chi connectivity index (χ1) is 18.9. The highest BCUT2D eigenvalue weighted by Crippen LogP contribution is 2.30. The summed E-state index contributed by atoms with van der Waals surface area (Å²) >= 11 is 12.3.